The fourth-order valence-corrected chi connectivity index (χ4v) is 4.11. The largest absolute Gasteiger partial charge is 0.417 e. The van der Waals surface area contributed by atoms with Crippen molar-refractivity contribution < 1.29 is 22.8 Å². The molecule has 1 unspecified atom stereocenters. The second-order valence-corrected chi connectivity index (χ2v) is 8.94. The summed E-state index contributed by atoms with van der Waals surface area (Å²) in [4.78, 5) is 29.0. The number of carbonyl (C=O) groups excluding carboxylic acids is 2. The molecule has 0 saturated carbocycles. The number of amides is 2. The molecule has 0 bridgehead atoms. The van der Waals surface area contributed by atoms with Crippen molar-refractivity contribution in [1.29, 1.82) is 0 Å². The second-order valence-electron chi connectivity index (χ2n) is 8.54. The Morgan fingerprint density at radius 2 is 1.71 bits per heavy atom. The van der Waals surface area contributed by atoms with Crippen molar-refractivity contribution in [2.24, 2.45) is 0 Å². The van der Waals surface area contributed by atoms with E-state index in [-0.39, 0.29) is 24.2 Å². The maximum Gasteiger partial charge on any atom is 0.417 e. The first-order valence-electron chi connectivity index (χ1n) is 10.9. The van der Waals surface area contributed by atoms with Crippen LogP contribution in [0.25, 0.3) is 0 Å². The van der Waals surface area contributed by atoms with Crippen LogP contribution >= 0.6 is 11.6 Å². The number of benzene rings is 2. The number of nitrogens with zero attached hydrogens (tertiary/aromatic N) is 2. The lowest BCUT2D eigenvalue weighted by molar-refractivity contribution is -0.137. The van der Waals surface area contributed by atoms with Gasteiger partial charge in [0.2, 0.25) is 11.8 Å². The fraction of sp³-hybridized carbons (Fsp3) is 0.417. The number of hydrogen-bond acceptors (Lipinski definition) is 4. The number of hydrogen-bond donors (Lipinski definition) is 2. The van der Waals surface area contributed by atoms with Crippen LogP contribution in [0.4, 0.5) is 24.5 Å². The third-order valence-electron chi connectivity index (χ3n) is 5.90. The van der Waals surface area contributed by atoms with E-state index in [4.69, 9.17) is 11.6 Å². The lowest BCUT2D eigenvalue weighted by Gasteiger charge is -2.37. The van der Waals surface area contributed by atoms with Crippen molar-refractivity contribution in [2.45, 2.75) is 33.0 Å². The Balaban J connectivity index is 1.49. The Hall–Kier alpha value is -2.62. The molecule has 0 radical (unpaired) electrons. The molecule has 0 spiro atoms. The fourth-order valence-electron chi connectivity index (χ4n) is 3.89. The molecule has 2 N–H and O–H groups in total. The highest BCUT2D eigenvalue weighted by molar-refractivity contribution is 6.31. The molecule has 0 aromatic heterocycles. The van der Waals surface area contributed by atoms with Gasteiger partial charge in [-0.15, -0.1) is 0 Å². The first kappa shape index (κ1) is 26.0. The number of piperazine rings is 1. The van der Waals surface area contributed by atoms with Gasteiger partial charge < -0.3 is 10.6 Å². The number of anilines is 2. The molecule has 2 aromatic carbocycles. The van der Waals surface area contributed by atoms with Gasteiger partial charge in [0.05, 0.1) is 23.2 Å². The van der Waals surface area contributed by atoms with Gasteiger partial charge >= 0.3 is 6.18 Å². The summed E-state index contributed by atoms with van der Waals surface area (Å²) in [7, 11) is 0. The molecule has 34 heavy (non-hydrogen) atoms. The summed E-state index contributed by atoms with van der Waals surface area (Å²) in [6.45, 7) is 8.14. The smallest absolute Gasteiger partial charge is 0.325 e. The van der Waals surface area contributed by atoms with E-state index in [1.165, 1.54) is 6.07 Å². The predicted octanol–water partition coefficient (Wildman–Crippen LogP) is 4.56. The van der Waals surface area contributed by atoms with E-state index in [0.29, 0.717) is 26.2 Å². The number of alkyl halides is 3. The molecule has 1 heterocycles. The minimum atomic E-state index is -4.60. The lowest BCUT2D eigenvalue weighted by atomic mass is 10.1. The number of rotatable bonds is 6. The van der Waals surface area contributed by atoms with Crippen LogP contribution in [-0.4, -0.2) is 60.4 Å². The van der Waals surface area contributed by atoms with Crippen LogP contribution in [-0.2, 0) is 15.8 Å². The van der Waals surface area contributed by atoms with Crippen LogP contribution in [0, 0.1) is 13.8 Å². The molecular formula is C24H28ClF3N4O2. The SMILES string of the molecule is Cc1ccc(NC(=O)C(C)N2CCN(CC(=O)Nc3ccc(Cl)c(C(F)(F)F)c3)CC2)c(C)c1. The normalized spacial score (nSPS) is 16.2. The molecule has 1 fully saturated rings. The van der Waals surface area contributed by atoms with Gasteiger partial charge in [-0.25, -0.2) is 0 Å². The molecule has 10 heteroatoms. The van der Waals surface area contributed by atoms with Gasteiger partial charge in [0.25, 0.3) is 0 Å². The molecule has 1 saturated heterocycles. The van der Waals surface area contributed by atoms with E-state index in [1.54, 1.807) is 0 Å². The van der Waals surface area contributed by atoms with E-state index in [1.807, 2.05) is 48.8 Å². The molecular weight excluding hydrogens is 469 g/mol. The predicted molar refractivity (Wildman–Crippen MR) is 127 cm³/mol. The molecule has 1 aliphatic rings. The first-order chi connectivity index (χ1) is 15.9. The maximum absolute atomic E-state index is 13.0. The zero-order valence-electron chi connectivity index (χ0n) is 19.3. The third-order valence-corrected chi connectivity index (χ3v) is 6.23. The van der Waals surface area contributed by atoms with Crippen LogP contribution in [0.5, 0.6) is 0 Å². The van der Waals surface area contributed by atoms with Crippen molar-refractivity contribution in [1.82, 2.24) is 9.80 Å². The zero-order chi connectivity index (χ0) is 25.0. The van der Waals surface area contributed by atoms with E-state index in [9.17, 15) is 22.8 Å². The summed E-state index contributed by atoms with van der Waals surface area (Å²) in [5.41, 5.74) is 1.96. The van der Waals surface area contributed by atoms with Crippen molar-refractivity contribution in [3.05, 3.63) is 58.1 Å². The number of carbonyl (C=O) groups is 2. The van der Waals surface area contributed by atoms with Gasteiger partial charge in [-0.3, -0.25) is 19.4 Å². The minimum absolute atomic E-state index is 0.0389. The van der Waals surface area contributed by atoms with Crippen molar-refractivity contribution in [3.8, 4) is 0 Å². The van der Waals surface area contributed by atoms with Crippen molar-refractivity contribution >= 4 is 34.8 Å². The molecule has 1 aliphatic heterocycles. The molecule has 3 rings (SSSR count). The Kier molecular flexibility index (Phi) is 8.22. The average Bonchev–Trinajstić information content (AvgIpc) is 2.76. The van der Waals surface area contributed by atoms with Crippen LogP contribution < -0.4 is 10.6 Å². The Morgan fingerprint density at radius 3 is 2.32 bits per heavy atom. The quantitative estimate of drug-likeness (QED) is 0.615. The molecule has 2 amide bonds. The highest BCUT2D eigenvalue weighted by Gasteiger charge is 2.33. The van der Waals surface area contributed by atoms with Crippen molar-refractivity contribution in [3.63, 3.8) is 0 Å². The number of aryl methyl sites for hydroxylation is 2. The molecule has 184 valence electrons. The molecule has 0 aliphatic carbocycles. The Morgan fingerprint density at radius 1 is 1.03 bits per heavy atom. The van der Waals surface area contributed by atoms with E-state index >= 15 is 0 Å². The van der Waals surface area contributed by atoms with E-state index < -0.39 is 22.7 Å². The highest BCUT2D eigenvalue weighted by Crippen LogP contribution is 2.36. The summed E-state index contributed by atoms with van der Waals surface area (Å²) >= 11 is 5.62. The zero-order valence-corrected chi connectivity index (χ0v) is 20.1. The summed E-state index contributed by atoms with van der Waals surface area (Å²) in [5, 5.41) is 5.06. The lowest BCUT2D eigenvalue weighted by Crippen LogP contribution is -2.53. The van der Waals surface area contributed by atoms with E-state index in [2.05, 4.69) is 10.6 Å². The Bertz CT molecular complexity index is 1050. The summed E-state index contributed by atoms with van der Waals surface area (Å²) in [6, 6.07) is 8.79. The number of halogens is 4. The monoisotopic (exact) mass is 496 g/mol. The van der Waals surface area contributed by atoms with Crippen LogP contribution in [0.2, 0.25) is 5.02 Å². The van der Waals surface area contributed by atoms with Gasteiger partial charge in [-0.2, -0.15) is 13.2 Å². The van der Waals surface area contributed by atoms with Gasteiger partial charge in [-0.1, -0.05) is 29.3 Å². The summed E-state index contributed by atoms with van der Waals surface area (Å²) in [5.74, 6) is -0.508. The Labute approximate surface area is 202 Å². The first-order valence-corrected chi connectivity index (χ1v) is 11.3. The van der Waals surface area contributed by atoms with Crippen molar-refractivity contribution in [2.75, 3.05) is 43.4 Å². The topological polar surface area (TPSA) is 64.7 Å². The van der Waals surface area contributed by atoms with Gasteiger partial charge in [-0.05, 0) is 50.6 Å². The third kappa shape index (κ3) is 6.71. The second kappa shape index (κ2) is 10.8. The van der Waals surface area contributed by atoms with Crippen LogP contribution in [0.1, 0.15) is 23.6 Å². The van der Waals surface area contributed by atoms with Crippen LogP contribution in [0.15, 0.2) is 36.4 Å². The molecule has 2 aromatic rings. The van der Waals surface area contributed by atoms with E-state index in [0.717, 1.165) is 28.9 Å². The van der Waals surface area contributed by atoms with Gasteiger partial charge in [0, 0.05) is 37.6 Å². The van der Waals surface area contributed by atoms with Crippen LogP contribution in [0.3, 0.4) is 0 Å². The highest BCUT2D eigenvalue weighted by atomic mass is 35.5. The van der Waals surface area contributed by atoms with Gasteiger partial charge in [0.15, 0.2) is 0 Å². The minimum Gasteiger partial charge on any atom is -0.325 e. The molecule has 6 nitrogen and oxygen atoms in total. The molecule has 1 atom stereocenters. The van der Waals surface area contributed by atoms with Gasteiger partial charge in [0.1, 0.15) is 0 Å². The number of nitrogens with one attached hydrogen (secondary N) is 2. The average molecular weight is 497 g/mol. The summed E-state index contributed by atoms with van der Waals surface area (Å²) in [6.07, 6.45) is -4.60. The standard InChI is InChI=1S/C24H28ClF3N4O2/c1-15-4-7-21(16(2)12-15)30-23(34)17(3)32-10-8-31(9-11-32)14-22(33)29-18-5-6-20(25)19(13-18)24(26,27)28/h4-7,12-13,17H,8-11,14H2,1-3H3,(H,29,33)(H,30,34). The maximum atomic E-state index is 13.0. The summed E-state index contributed by atoms with van der Waals surface area (Å²) < 4.78 is 39.1.